The maximum absolute atomic E-state index is 13.6. The lowest BCUT2D eigenvalue weighted by molar-refractivity contribution is 0.0988. The molecule has 2 aliphatic heterocycles. The van der Waals surface area contributed by atoms with Gasteiger partial charge in [0.2, 0.25) is 17.7 Å². The van der Waals surface area contributed by atoms with E-state index in [0.717, 1.165) is 25.1 Å². The molecule has 4 heterocycles. The third kappa shape index (κ3) is 3.48. The van der Waals surface area contributed by atoms with E-state index in [1.807, 2.05) is 31.2 Å². The van der Waals surface area contributed by atoms with E-state index in [1.165, 1.54) is 0 Å². The third-order valence-electron chi connectivity index (χ3n) is 5.63. The maximum atomic E-state index is 13.6. The van der Waals surface area contributed by atoms with Crippen molar-refractivity contribution in [2.75, 3.05) is 34.8 Å². The van der Waals surface area contributed by atoms with E-state index < -0.39 is 0 Å². The summed E-state index contributed by atoms with van der Waals surface area (Å²) in [6, 6.07) is 7.61. The SMILES string of the molecule is CCNc1ncc2c(n1)N1CCC[C@H]1CN(c1cccc(-c3nnc(CO)o3)c1)C2=O. The standard InChI is InChI=1S/C21H23N7O3/c1-2-22-21-23-10-16-18(24-21)27-8-4-7-15(27)11-28(20(16)30)14-6-3-5-13(9-14)19-26-25-17(12-29)31-19/h3,5-6,9-10,15,29H,2,4,7-8,11-12H2,1H3,(H,22,23,24)/t15-/m0/s1. The fourth-order valence-electron chi connectivity index (χ4n) is 4.19. The minimum absolute atomic E-state index is 0.133. The Bertz CT molecular complexity index is 1120. The number of carbonyl (C=O) groups is 1. The number of fused-ring (bicyclic) bond motifs is 3. The van der Waals surface area contributed by atoms with Gasteiger partial charge in [0.15, 0.2) is 0 Å². The molecule has 2 N–H and O–H groups in total. The summed E-state index contributed by atoms with van der Waals surface area (Å²) in [5.74, 6) is 1.55. The Kier molecular flexibility index (Phi) is 4.99. The van der Waals surface area contributed by atoms with Crippen LogP contribution in [0.15, 0.2) is 34.9 Å². The van der Waals surface area contributed by atoms with Crippen LogP contribution < -0.4 is 15.1 Å². The van der Waals surface area contributed by atoms with Crippen molar-refractivity contribution in [1.29, 1.82) is 0 Å². The van der Waals surface area contributed by atoms with Crippen molar-refractivity contribution in [2.24, 2.45) is 0 Å². The molecule has 160 valence electrons. The van der Waals surface area contributed by atoms with Gasteiger partial charge in [-0.15, -0.1) is 10.2 Å². The second-order valence-electron chi connectivity index (χ2n) is 7.58. The Morgan fingerprint density at radius 1 is 1.32 bits per heavy atom. The Balaban J connectivity index is 1.54. The lowest BCUT2D eigenvalue weighted by Gasteiger charge is -2.27. The number of aliphatic hydroxyl groups excluding tert-OH is 1. The highest BCUT2D eigenvalue weighted by molar-refractivity contribution is 6.10. The van der Waals surface area contributed by atoms with Gasteiger partial charge < -0.3 is 24.6 Å². The van der Waals surface area contributed by atoms with E-state index in [2.05, 4.69) is 30.4 Å². The van der Waals surface area contributed by atoms with Crippen LogP contribution in [0.25, 0.3) is 11.5 Å². The number of aliphatic hydroxyl groups is 1. The van der Waals surface area contributed by atoms with E-state index >= 15 is 0 Å². The molecule has 5 rings (SSSR count). The van der Waals surface area contributed by atoms with Crippen LogP contribution in [0.2, 0.25) is 0 Å². The van der Waals surface area contributed by atoms with Gasteiger partial charge in [0, 0.05) is 43.1 Å². The molecule has 0 saturated carbocycles. The lowest BCUT2D eigenvalue weighted by atomic mass is 10.1. The zero-order valence-corrected chi connectivity index (χ0v) is 17.2. The largest absolute Gasteiger partial charge is 0.418 e. The molecular weight excluding hydrogens is 398 g/mol. The molecule has 0 radical (unpaired) electrons. The van der Waals surface area contributed by atoms with E-state index in [1.54, 1.807) is 11.1 Å². The average molecular weight is 421 g/mol. The molecule has 0 aliphatic carbocycles. The molecule has 3 aromatic rings. The Labute approximate surface area is 178 Å². The Morgan fingerprint density at radius 2 is 2.23 bits per heavy atom. The van der Waals surface area contributed by atoms with Gasteiger partial charge in [-0.05, 0) is 38.0 Å². The monoisotopic (exact) mass is 421 g/mol. The summed E-state index contributed by atoms with van der Waals surface area (Å²) in [5, 5.41) is 20.1. The van der Waals surface area contributed by atoms with Gasteiger partial charge in [0.25, 0.3) is 5.91 Å². The van der Waals surface area contributed by atoms with Crippen LogP contribution in [0, 0.1) is 0 Å². The van der Waals surface area contributed by atoms with Crippen LogP contribution in [0.4, 0.5) is 17.5 Å². The summed E-state index contributed by atoms with van der Waals surface area (Å²) in [7, 11) is 0. The highest BCUT2D eigenvalue weighted by Gasteiger charge is 2.37. The molecule has 0 spiro atoms. The summed E-state index contributed by atoms with van der Waals surface area (Å²) in [4.78, 5) is 26.6. The lowest BCUT2D eigenvalue weighted by Crippen LogP contribution is -2.39. The van der Waals surface area contributed by atoms with Crippen molar-refractivity contribution in [3.8, 4) is 11.5 Å². The number of nitrogens with one attached hydrogen (secondary N) is 1. The maximum Gasteiger partial charge on any atom is 0.263 e. The molecule has 10 heteroatoms. The van der Waals surface area contributed by atoms with Gasteiger partial charge in [0.05, 0.1) is 0 Å². The first-order valence-electron chi connectivity index (χ1n) is 10.4. The second kappa shape index (κ2) is 7.95. The van der Waals surface area contributed by atoms with Crippen LogP contribution >= 0.6 is 0 Å². The Morgan fingerprint density at radius 3 is 3.03 bits per heavy atom. The number of benzene rings is 1. The number of aromatic nitrogens is 4. The number of carbonyl (C=O) groups excluding carboxylic acids is 1. The number of hydrogen-bond acceptors (Lipinski definition) is 9. The molecule has 1 saturated heterocycles. The quantitative estimate of drug-likeness (QED) is 0.638. The van der Waals surface area contributed by atoms with Crippen LogP contribution in [0.5, 0.6) is 0 Å². The molecule has 2 aliphatic rings. The summed E-state index contributed by atoms with van der Waals surface area (Å²) in [6.45, 7) is 3.80. The molecule has 10 nitrogen and oxygen atoms in total. The van der Waals surface area contributed by atoms with Gasteiger partial charge >= 0.3 is 0 Å². The molecule has 0 bridgehead atoms. The van der Waals surface area contributed by atoms with Crippen molar-refractivity contribution < 1.29 is 14.3 Å². The average Bonchev–Trinajstić information content (AvgIpc) is 3.45. The topological polar surface area (TPSA) is 121 Å². The first kappa shape index (κ1) is 19.4. The number of amides is 1. The van der Waals surface area contributed by atoms with Gasteiger partial charge in [-0.2, -0.15) is 4.98 Å². The van der Waals surface area contributed by atoms with E-state index in [-0.39, 0.29) is 24.4 Å². The number of nitrogens with zero attached hydrogens (tertiary/aromatic N) is 6. The van der Waals surface area contributed by atoms with Crippen molar-refractivity contribution in [3.63, 3.8) is 0 Å². The van der Waals surface area contributed by atoms with Gasteiger partial charge in [-0.3, -0.25) is 4.79 Å². The first-order valence-corrected chi connectivity index (χ1v) is 10.4. The zero-order chi connectivity index (χ0) is 21.4. The van der Waals surface area contributed by atoms with Gasteiger partial charge in [-0.1, -0.05) is 6.07 Å². The Hall–Kier alpha value is -3.53. The first-order chi connectivity index (χ1) is 15.2. The summed E-state index contributed by atoms with van der Waals surface area (Å²) >= 11 is 0. The molecule has 0 unspecified atom stereocenters. The van der Waals surface area contributed by atoms with Gasteiger partial charge in [0.1, 0.15) is 18.0 Å². The van der Waals surface area contributed by atoms with Crippen LogP contribution in [-0.4, -0.2) is 56.9 Å². The minimum atomic E-state index is -0.319. The highest BCUT2D eigenvalue weighted by atomic mass is 16.4. The molecular formula is C21H23N7O3. The molecule has 1 atom stereocenters. The smallest absolute Gasteiger partial charge is 0.263 e. The van der Waals surface area contributed by atoms with Crippen LogP contribution in [-0.2, 0) is 6.61 Å². The molecule has 1 aromatic carbocycles. The van der Waals surface area contributed by atoms with Crippen molar-refractivity contribution in [1.82, 2.24) is 20.2 Å². The number of anilines is 3. The predicted molar refractivity (Wildman–Crippen MR) is 114 cm³/mol. The van der Waals surface area contributed by atoms with Crippen molar-refractivity contribution in [2.45, 2.75) is 32.4 Å². The molecule has 31 heavy (non-hydrogen) atoms. The third-order valence-corrected chi connectivity index (χ3v) is 5.63. The van der Waals surface area contributed by atoms with Crippen molar-refractivity contribution in [3.05, 3.63) is 41.9 Å². The second-order valence-corrected chi connectivity index (χ2v) is 7.58. The normalized spacial score (nSPS) is 18.0. The number of rotatable bonds is 5. The van der Waals surface area contributed by atoms with E-state index in [9.17, 15) is 9.90 Å². The molecule has 1 fully saturated rings. The van der Waals surface area contributed by atoms with Crippen LogP contribution in [0.3, 0.4) is 0 Å². The summed E-state index contributed by atoms with van der Waals surface area (Å²) in [6.07, 6.45) is 3.66. The zero-order valence-electron chi connectivity index (χ0n) is 17.2. The predicted octanol–water partition coefficient (Wildman–Crippen LogP) is 2.08. The minimum Gasteiger partial charge on any atom is -0.418 e. The summed E-state index contributed by atoms with van der Waals surface area (Å²) < 4.78 is 5.46. The highest BCUT2D eigenvalue weighted by Crippen LogP contribution is 2.35. The van der Waals surface area contributed by atoms with Crippen LogP contribution in [0.1, 0.15) is 36.0 Å². The van der Waals surface area contributed by atoms with E-state index in [0.29, 0.717) is 41.9 Å². The van der Waals surface area contributed by atoms with Gasteiger partial charge in [-0.25, -0.2) is 4.98 Å². The number of hydrogen-bond donors (Lipinski definition) is 2. The summed E-state index contributed by atoms with van der Waals surface area (Å²) in [5.41, 5.74) is 1.92. The van der Waals surface area contributed by atoms with Crippen molar-refractivity contribution >= 4 is 23.4 Å². The molecule has 1 amide bonds. The fraction of sp³-hybridized carbons (Fsp3) is 0.381. The van der Waals surface area contributed by atoms with E-state index in [4.69, 9.17) is 4.42 Å². The molecule has 2 aromatic heterocycles. The fourth-order valence-corrected chi connectivity index (χ4v) is 4.19.